The van der Waals surface area contributed by atoms with Gasteiger partial charge in [-0.2, -0.15) is 0 Å². The number of alkyl halides is 3. The van der Waals surface area contributed by atoms with Gasteiger partial charge < -0.3 is 10.1 Å². The zero-order valence-electron chi connectivity index (χ0n) is 12.7. The Kier molecular flexibility index (Phi) is 6.54. The zero-order valence-corrected chi connectivity index (χ0v) is 13.5. The monoisotopic (exact) mass is 355 g/mol. The standard InChI is InChI=1S/C17H16F3NO2S/c18-17(19,20)23-14-8-6-13(7-9-14)12-16(22)21-10-11-24-15-4-2-1-3-5-15/h1-9H,10-12H2,(H,21,22). The van der Waals surface area contributed by atoms with Gasteiger partial charge in [0.2, 0.25) is 5.91 Å². The molecule has 1 N–H and O–H groups in total. The van der Waals surface area contributed by atoms with E-state index in [1.54, 1.807) is 11.8 Å². The van der Waals surface area contributed by atoms with Crippen LogP contribution in [0.1, 0.15) is 5.56 Å². The summed E-state index contributed by atoms with van der Waals surface area (Å²) < 4.78 is 40.0. The molecule has 0 unspecified atom stereocenters. The van der Waals surface area contributed by atoms with Gasteiger partial charge in [-0.1, -0.05) is 30.3 Å². The fraction of sp³-hybridized carbons (Fsp3) is 0.235. The molecule has 0 radical (unpaired) electrons. The predicted octanol–water partition coefficient (Wildman–Crippen LogP) is 4.04. The second kappa shape index (κ2) is 8.63. The van der Waals surface area contributed by atoms with Gasteiger partial charge in [0, 0.05) is 17.2 Å². The van der Waals surface area contributed by atoms with E-state index in [1.807, 2.05) is 30.3 Å². The molecule has 2 aromatic rings. The molecule has 0 spiro atoms. The Morgan fingerprint density at radius 1 is 1.04 bits per heavy atom. The Balaban J connectivity index is 1.70. The third-order valence-electron chi connectivity index (χ3n) is 2.96. The number of nitrogens with one attached hydrogen (secondary N) is 1. The van der Waals surface area contributed by atoms with Crippen LogP contribution in [0, 0.1) is 0 Å². The maximum atomic E-state index is 12.1. The largest absolute Gasteiger partial charge is 0.573 e. The minimum Gasteiger partial charge on any atom is -0.406 e. The van der Waals surface area contributed by atoms with Crippen LogP contribution in [0.5, 0.6) is 5.75 Å². The number of hydrogen-bond donors (Lipinski definition) is 1. The number of halogens is 3. The third kappa shape index (κ3) is 6.95. The first kappa shape index (κ1) is 18.2. The predicted molar refractivity (Wildman–Crippen MR) is 87.0 cm³/mol. The minimum atomic E-state index is -4.71. The van der Waals surface area contributed by atoms with Crippen LogP contribution < -0.4 is 10.1 Å². The molecule has 0 fully saturated rings. The van der Waals surface area contributed by atoms with E-state index in [2.05, 4.69) is 10.1 Å². The van der Waals surface area contributed by atoms with Crippen LogP contribution in [-0.2, 0) is 11.2 Å². The lowest BCUT2D eigenvalue weighted by molar-refractivity contribution is -0.274. The van der Waals surface area contributed by atoms with Crippen molar-refractivity contribution in [1.82, 2.24) is 5.32 Å². The molecule has 2 rings (SSSR count). The number of thioether (sulfide) groups is 1. The van der Waals surface area contributed by atoms with Gasteiger partial charge in [-0.05, 0) is 29.8 Å². The highest BCUT2D eigenvalue weighted by atomic mass is 32.2. The van der Waals surface area contributed by atoms with Crippen molar-refractivity contribution in [2.75, 3.05) is 12.3 Å². The maximum absolute atomic E-state index is 12.1. The van der Waals surface area contributed by atoms with E-state index >= 15 is 0 Å². The normalized spacial score (nSPS) is 11.1. The lowest BCUT2D eigenvalue weighted by Gasteiger charge is -2.09. The number of carbonyl (C=O) groups is 1. The van der Waals surface area contributed by atoms with E-state index in [0.29, 0.717) is 12.1 Å². The summed E-state index contributed by atoms with van der Waals surface area (Å²) in [5.41, 5.74) is 0.623. The van der Waals surface area contributed by atoms with Crippen LogP contribution in [0.4, 0.5) is 13.2 Å². The quantitative estimate of drug-likeness (QED) is 0.602. The molecule has 0 aliphatic rings. The molecule has 0 aliphatic heterocycles. The average Bonchev–Trinajstić information content (AvgIpc) is 2.53. The van der Waals surface area contributed by atoms with Gasteiger partial charge in [0.25, 0.3) is 0 Å². The maximum Gasteiger partial charge on any atom is 0.573 e. The number of rotatable bonds is 7. The van der Waals surface area contributed by atoms with E-state index in [0.717, 1.165) is 10.6 Å². The lowest BCUT2D eigenvalue weighted by Crippen LogP contribution is -2.27. The van der Waals surface area contributed by atoms with Crippen molar-refractivity contribution in [3.05, 3.63) is 60.2 Å². The van der Waals surface area contributed by atoms with Crippen LogP contribution in [0.15, 0.2) is 59.5 Å². The van der Waals surface area contributed by atoms with Crippen molar-refractivity contribution >= 4 is 17.7 Å². The molecule has 0 atom stereocenters. The van der Waals surface area contributed by atoms with E-state index in [-0.39, 0.29) is 18.1 Å². The Bertz CT molecular complexity index is 645. The molecule has 0 heterocycles. The summed E-state index contributed by atoms with van der Waals surface area (Å²) in [4.78, 5) is 12.9. The molecule has 0 aliphatic carbocycles. The highest BCUT2D eigenvalue weighted by Gasteiger charge is 2.30. The molecule has 24 heavy (non-hydrogen) atoms. The summed E-state index contributed by atoms with van der Waals surface area (Å²) >= 11 is 1.64. The molecule has 3 nitrogen and oxygen atoms in total. The highest BCUT2D eigenvalue weighted by Crippen LogP contribution is 2.22. The van der Waals surface area contributed by atoms with Crippen LogP contribution in [0.2, 0.25) is 0 Å². The number of hydrogen-bond acceptors (Lipinski definition) is 3. The van der Waals surface area contributed by atoms with Gasteiger partial charge in [-0.25, -0.2) is 0 Å². The highest BCUT2D eigenvalue weighted by molar-refractivity contribution is 7.99. The van der Waals surface area contributed by atoms with Crippen molar-refractivity contribution in [3.63, 3.8) is 0 Å². The first-order valence-electron chi connectivity index (χ1n) is 7.21. The van der Waals surface area contributed by atoms with Gasteiger partial charge in [-0.15, -0.1) is 24.9 Å². The molecule has 2 aromatic carbocycles. The van der Waals surface area contributed by atoms with E-state index in [9.17, 15) is 18.0 Å². The first-order chi connectivity index (χ1) is 11.4. The summed E-state index contributed by atoms with van der Waals surface area (Å²) in [7, 11) is 0. The molecule has 0 aromatic heterocycles. The number of ether oxygens (including phenoxy) is 1. The Morgan fingerprint density at radius 3 is 2.33 bits per heavy atom. The van der Waals surface area contributed by atoms with E-state index < -0.39 is 6.36 Å². The molecule has 0 saturated carbocycles. The van der Waals surface area contributed by atoms with Gasteiger partial charge in [0.15, 0.2) is 0 Å². The molecule has 7 heteroatoms. The van der Waals surface area contributed by atoms with E-state index in [1.165, 1.54) is 24.3 Å². The molecule has 0 bridgehead atoms. The second-order valence-corrected chi connectivity index (χ2v) is 6.05. The zero-order chi connectivity index (χ0) is 17.4. The van der Waals surface area contributed by atoms with Crippen molar-refractivity contribution in [1.29, 1.82) is 0 Å². The first-order valence-corrected chi connectivity index (χ1v) is 8.20. The number of benzene rings is 2. The van der Waals surface area contributed by atoms with E-state index in [4.69, 9.17) is 0 Å². The number of amides is 1. The SMILES string of the molecule is O=C(Cc1ccc(OC(F)(F)F)cc1)NCCSc1ccccc1. The average molecular weight is 355 g/mol. The van der Waals surface area contributed by atoms with Crippen LogP contribution in [0.25, 0.3) is 0 Å². The third-order valence-corrected chi connectivity index (χ3v) is 3.97. The Morgan fingerprint density at radius 2 is 1.71 bits per heavy atom. The van der Waals surface area contributed by atoms with Crippen molar-refractivity contribution in [2.45, 2.75) is 17.7 Å². The van der Waals surface area contributed by atoms with Crippen LogP contribution in [-0.4, -0.2) is 24.6 Å². The summed E-state index contributed by atoms with van der Waals surface area (Å²) in [6.07, 6.45) is -4.60. The fourth-order valence-electron chi connectivity index (χ4n) is 1.93. The second-order valence-electron chi connectivity index (χ2n) is 4.88. The Labute approximate surface area is 142 Å². The van der Waals surface area contributed by atoms with Crippen LogP contribution in [0.3, 0.4) is 0 Å². The smallest absolute Gasteiger partial charge is 0.406 e. The molecule has 0 saturated heterocycles. The molecule has 128 valence electrons. The summed E-state index contributed by atoms with van der Waals surface area (Å²) in [6, 6.07) is 15.1. The number of carbonyl (C=O) groups excluding carboxylic acids is 1. The van der Waals surface area contributed by atoms with Gasteiger partial charge >= 0.3 is 6.36 Å². The van der Waals surface area contributed by atoms with Gasteiger partial charge in [0.05, 0.1) is 6.42 Å². The summed E-state index contributed by atoms with van der Waals surface area (Å²) in [5.74, 6) is 0.271. The lowest BCUT2D eigenvalue weighted by atomic mass is 10.1. The molecular formula is C17H16F3NO2S. The van der Waals surface area contributed by atoms with Crippen molar-refractivity contribution in [2.24, 2.45) is 0 Å². The topological polar surface area (TPSA) is 38.3 Å². The molecule has 1 amide bonds. The summed E-state index contributed by atoms with van der Waals surface area (Å²) in [6.45, 7) is 0.521. The summed E-state index contributed by atoms with van der Waals surface area (Å²) in [5, 5.41) is 2.78. The Hall–Kier alpha value is -2.15. The minimum absolute atomic E-state index is 0.113. The van der Waals surface area contributed by atoms with Gasteiger partial charge in [-0.3, -0.25) is 4.79 Å². The molecular weight excluding hydrogens is 339 g/mol. The van der Waals surface area contributed by atoms with Crippen LogP contribution >= 0.6 is 11.8 Å². The van der Waals surface area contributed by atoms with Crippen molar-refractivity contribution in [3.8, 4) is 5.75 Å². The van der Waals surface area contributed by atoms with Crippen molar-refractivity contribution < 1.29 is 22.7 Å². The fourth-order valence-corrected chi connectivity index (χ4v) is 2.72. The van der Waals surface area contributed by atoms with Gasteiger partial charge in [0.1, 0.15) is 5.75 Å².